The maximum atomic E-state index is 5.35. The van der Waals surface area contributed by atoms with Crippen molar-refractivity contribution in [3.8, 4) is 0 Å². The minimum absolute atomic E-state index is 0.615. The van der Waals surface area contributed by atoms with Crippen LogP contribution in [0.25, 0.3) is 0 Å². The molecule has 0 spiro atoms. The van der Waals surface area contributed by atoms with Gasteiger partial charge in [-0.2, -0.15) is 0 Å². The Hall–Kier alpha value is -0.120. The highest BCUT2D eigenvalue weighted by molar-refractivity contribution is 4.70. The number of ether oxygens (including phenoxy) is 1. The van der Waals surface area contributed by atoms with Gasteiger partial charge >= 0.3 is 0 Å². The minimum Gasteiger partial charge on any atom is -0.379 e. The van der Waals surface area contributed by atoms with Crippen LogP contribution in [0.4, 0.5) is 0 Å². The fraction of sp³-hybridized carbons (Fsp3) is 1.00. The Kier molecular flexibility index (Phi) is 6.22. The summed E-state index contributed by atoms with van der Waals surface area (Å²) in [4.78, 5) is 2.54. The van der Waals surface area contributed by atoms with Crippen LogP contribution in [0.1, 0.15) is 33.6 Å². The number of nitrogens with zero attached hydrogens (tertiary/aromatic N) is 1. The molecule has 0 radical (unpaired) electrons. The van der Waals surface area contributed by atoms with E-state index >= 15 is 0 Å². The molecule has 1 saturated heterocycles. The average molecular weight is 214 g/mol. The second-order valence-electron chi connectivity index (χ2n) is 4.75. The van der Waals surface area contributed by atoms with Gasteiger partial charge in [-0.05, 0) is 26.3 Å². The zero-order valence-corrected chi connectivity index (χ0v) is 10.5. The third-order valence-electron chi connectivity index (χ3n) is 3.02. The molecular weight excluding hydrogens is 188 g/mol. The zero-order valence-electron chi connectivity index (χ0n) is 10.5. The van der Waals surface area contributed by atoms with Gasteiger partial charge < -0.3 is 10.1 Å². The summed E-state index contributed by atoms with van der Waals surface area (Å²) in [7, 11) is 0. The molecule has 0 aliphatic carbocycles. The van der Waals surface area contributed by atoms with E-state index in [0.29, 0.717) is 12.1 Å². The Labute approximate surface area is 94.2 Å². The van der Waals surface area contributed by atoms with Crippen LogP contribution in [-0.4, -0.2) is 49.8 Å². The molecule has 1 N–H and O–H groups in total. The predicted molar refractivity (Wildman–Crippen MR) is 64.2 cm³/mol. The smallest absolute Gasteiger partial charge is 0.0594 e. The van der Waals surface area contributed by atoms with E-state index < -0.39 is 0 Å². The van der Waals surface area contributed by atoms with Crippen LogP contribution in [-0.2, 0) is 4.74 Å². The molecule has 0 aromatic heterocycles. The summed E-state index contributed by atoms with van der Waals surface area (Å²) in [5.41, 5.74) is 0. The fourth-order valence-corrected chi connectivity index (χ4v) is 1.99. The van der Waals surface area contributed by atoms with E-state index in [1.807, 2.05) is 0 Å². The summed E-state index contributed by atoms with van der Waals surface area (Å²) in [6.45, 7) is 11.9. The highest BCUT2D eigenvalue weighted by Crippen LogP contribution is 2.08. The van der Waals surface area contributed by atoms with Crippen molar-refractivity contribution in [3.05, 3.63) is 0 Å². The van der Waals surface area contributed by atoms with Crippen molar-refractivity contribution in [2.45, 2.75) is 45.7 Å². The normalized spacial score (nSPS) is 20.8. The zero-order chi connectivity index (χ0) is 11.1. The fourth-order valence-electron chi connectivity index (χ4n) is 1.99. The molecule has 0 saturated carbocycles. The van der Waals surface area contributed by atoms with Crippen LogP contribution in [0, 0.1) is 0 Å². The van der Waals surface area contributed by atoms with Gasteiger partial charge in [0.1, 0.15) is 0 Å². The molecule has 1 heterocycles. The summed E-state index contributed by atoms with van der Waals surface area (Å²) in [5, 5.41) is 3.46. The maximum Gasteiger partial charge on any atom is 0.0594 e. The molecule has 90 valence electrons. The Morgan fingerprint density at radius 1 is 1.20 bits per heavy atom. The summed E-state index contributed by atoms with van der Waals surface area (Å²) in [5.74, 6) is 0. The summed E-state index contributed by atoms with van der Waals surface area (Å²) < 4.78 is 5.35. The Balaban J connectivity index is 2.04. The second kappa shape index (κ2) is 7.20. The van der Waals surface area contributed by atoms with Crippen LogP contribution < -0.4 is 5.32 Å². The number of rotatable bonds is 6. The van der Waals surface area contributed by atoms with Crippen molar-refractivity contribution in [2.24, 2.45) is 0 Å². The van der Waals surface area contributed by atoms with Gasteiger partial charge in [-0.25, -0.2) is 0 Å². The number of hydrogen-bond acceptors (Lipinski definition) is 3. The van der Waals surface area contributed by atoms with E-state index in [1.165, 1.54) is 12.8 Å². The first-order chi connectivity index (χ1) is 7.20. The molecule has 1 fully saturated rings. The molecule has 0 amide bonds. The predicted octanol–water partition coefficient (Wildman–Crippen LogP) is 1.49. The van der Waals surface area contributed by atoms with E-state index in [-0.39, 0.29) is 0 Å². The van der Waals surface area contributed by atoms with Crippen LogP contribution in [0.2, 0.25) is 0 Å². The van der Waals surface area contributed by atoms with Crippen molar-refractivity contribution in [1.82, 2.24) is 10.2 Å². The van der Waals surface area contributed by atoms with Crippen LogP contribution in [0.3, 0.4) is 0 Å². The van der Waals surface area contributed by atoms with E-state index in [0.717, 1.165) is 32.8 Å². The van der Waals surface area contributed by atoms with Crippen molar-refractivity contribution < 1.29 is 4.74 Å². The topological polar surface area (TPSA) is 24.5 Å². The highest BCUT2D eigenvalue weighted by atomic mass is 16.5. The van der Waals surface area contributed by atoms with E-state index in [9.17, 15) is 0 Å². The Morgan fingerprint density at radius 2 is 1.87 bits per heavy atom. The average Bonchev–Trinajstić information content (AvgIpc) is 2.25. The Bertz CT molecular complexity index is 156. The molecule has 15 heavy (non-hydrogen) atoms. The lowest BCUT2D eigenvalue weighted by Crippen LogP contribution is -2.42. The first-order valence-corrected chi connectivity index (χ1v) is 6.25. The van der Waals surface area contributed by atoms with E-state index in [2.05, 4.69) is 31.0 Å². The first kappa shape index (κ1) is 12.9. The van der Waals surface area contributed by atoms with E-state index in [1.54, 1.807) is 0 Å². The highest BCUT2D eigenvalue weighted by Gasteiger charge is 2.16. The van der Waals surface area contributed by atoms with Gasteiger partial charge in [0.15, 0.2) is 0 Å². The second-order valence-corrected chi connectivity index (χ2v) is 4.75. The minimum atomic E-state index is 0.615. The van der Waals surface area contributed by atoms with E-state index in [4.69, 9.17) is 4.74 Å². The number of hydrogen-bond donors (Lipinski definition) is 1. The Morgan fingerprint density at radius 3 is 2.47 bits per heavy atom. The van der Waals surface area contributed by atoms with Gasteiger partial charge in [0.05, 0.1) is 13.2 Å². The molecule has 1 aliphatic rings. The van der Waals surface area contributed by atoms with Crippen molar-refractivity contribution in [2.75, 3.05) is 32.8 Å². The maximum absolute atomic E-state index is 5.35. The summed E-state index contributed by atoms with van der Waals surface area (Å²) in [6, 6.07) is 1.33. The van der Waals surface area contributed by atoms with Gasteiger partial charge in [0.2, 0.25) is 0 Å². The summed E-state index contributed by atoms with van der Waals surface area (Å²) in [6.07, 6.45) is 2.57. The quantitative estimate of drug-likeness (QED) is 0.678. The first-order valence-electron chi connectivity index (χ1n) is 6.25. The lowest BCUT2D eigenvalue weighted by atomic mass is 10.1. The van der Waals surface area contributed by atoms with Crippen molar-refractivity contribution in [1.29, 1.82) is 0 Å². The number of nitrogens with one attached hydrogen (secondary N) is 1. The standard InChI is InChI=1S/C12H26N2O/c1-11(2)13-6-4-5-12(3)14-7-9-15-10-8-14/h11-13H,4-10H2,1-3H3. The third-order valence-corrected chi connectivity index (χ3v) is 3.02. The molecule has 1 aliphatic heterocycles. The molecule has 0 aromatic carbocycles. The van der Waals surface area contributed by atoms with Crippen LogP contribution >= 0.6 is 0 Å². The van der Waals surface area contributed by atoms with Crippen LogP contribution in [0.5, 0.6) is 0 Å². The van der Waals surface area contributed by atoms with Gasteiger partial charge in [-0.15, -0.1) is 0 Å². The van der Waals surface area contributed by atoms with Gasteiger partial charge in [0, 0.05) is 25.2 Å². The molecule has 0 bridgehead atoms. The lowest BCUT2D eigenvalue weighted by Gasteiger charge is -2.32. The van der Waals surface area contributed by atoms with Crippen LogP contribution in [0.15, 0.2) is 0 Å². The lowest BCUT2D eigenvalue weighted by molar-refractivity contribution is 0.0183. The molecule has 3 nitrogen and oxygen atoms in total. The third kappa shape index (κ3) is 5.50. The monoisotopic (exact) mass is 214 g/mol. The molecule has 1 rings (SSSR count). The number of morpholine rings is 1. The SMILES string of the molecule is CC(C)NCCCC(C)N1CCOCC1. The van der Waals surface area contributed by atoms with Crippen molar-refractivity contribution in [3.63, 3.8) is 0 Å². The molecule has 0 aromatic rings. The molecule has 1 atom stereocenters. The summed E-state index contributed by atoms with van der Waals surface area (Å²) >= 11 is 0. The van der Waals surface area contributed by atoms with Gasteiger partial charge in [-0.1, -0.05) is 13.8 Å². The van der Waals surface area contributed by atoms with Gasteiger partial charge in [-0.3, -0.25) is 4.90 Å². The molecule has 1 unspecified atom stereocenters. The van der Waals surface area contributed by atoms with Crippen molar-refractivity contribution >= 4 is 0 Å². The van der Waals surface area contributed by atoms with Gasteiger partial charge in [0.25, 0.3) is 0 Å². The molecular formula is C12H26N2O. The largest absolute Gasteiger partial charge is 0.379 e. The molecule has 3 heteroatoms.